The fourth-order valence-electron chi connectivity index (χ4n) is 3.50. The van der Waals surface area contributed by atoms with Gasteiger partial charge in [0.1, 0.15) is 6.04 Å². The van der Waals surface area contributed by atoms with Crippen LogP contribution in [0.2, 0.25) is 10.0 Å². The zero-order chi connectivity index (χ0) is 22.5. The van der Waals surface area contributed by atoms with Crippen LogP contribution in [0.5, 0.6) is 0 Å². The number of carboxylic acids is 1. The number of fused-ring (bicyclic) bond motifs is 1. The van der Waals surface area contributed by atoms with Crippen molar-refractivity contribution in [2.75, 3.05) is 18.9 Å². The molecular weight excluding hydrogens is 443 g/mol. The number of anilines is 1. The molecule has 2 aromatic carbocycles. The van der Waals surface area contributed by atoms with E-state index < -0.39 is 23.9 Å². The van der Waals surface area contributed by atoms with Crippen molar-refractivity contribution in [1.82, 2.24) is 16.0 Å². The van der Waals surface area contributed by atoms with Gasteiger partial charge in [0.15, 0.2) is 0 Å². The molecule has 0 fully saturated rings. The Balaban J connectivity index is 1.61. The van der Waals surface area contributed by atoms with Crippen LogP contribution in [0.1, 0.15) is 33.9 Å². The van der Waals surface area contributed by atoms with Gasteiger partial charge in [-0.2, -0.15) is 0 Å². The first kappa shape index (κ1) is 22.7. The molecule has 2 unspecified atom stereocenters. The molecule has 0 aliphatic heterocycles. The minimum atomic E-state index is -1.38. The summed E-state index contributed by atoms with van der Waals surface area (Å²) >= 11 is 12.3. The van der Waals surface area contributed by atoms with E-state index in [1.54, 1.807) is 13.1 Å². The van der Waals surface area contributed by atoms with Crippen molar-refractivity contribution >= 4 is 46.8 Å². The van der Waals surface area contributed by atoms with E-state index in [1.807, 2.05) is 24.3 Å². The first-order chi connectivity index (χ1) is 14.8. The molecule has 8 nitrogen and oxygen atoms in total. The number of benzene rings is 2. The number of carboxylic acid groups (broad SMARTS) is 1. The predicted molar refractivity (Wildman–Crippen MR) is 119 cm³/mol. The highest BCUT2D eigenvalue weighted by atomic mass is 35.5. The second-order valence-corrected chi connectivity index (χ2v) is 7.83. The molecule has 3 amide bonds. The van der Waals surface area contributed by atoms with Crippen LogP contribution in [-0.2, 0) is 11.2 Å². The fraction of sp³-hybridized carbons (Fsp3) is 0.286. The second kappa shape index (κ2) is 9.89. The molecule has 0 spiro atoms. The number of carbonyl (C=O) groups is 3. The SMILES string of the molecule is CNc1ccc(Cl)c(C(=O)NC(CNC(=O)NC2CCc3ccccc32)C(=O)O)c1Cl. The molecule has 2 atom stereocenters. The standard InChI is InChI=1S/C21H22Cl2N4O4/c1-24-15-9-7-13(22)17(18(15)23)19(28)26-16(20(29)30)10-25-21(31)27-14-8-6-11-4-2-3-5-12(11)14/h2-5,7,9,14,16,24H,6,8,10H2,1H3,(H,26,28)(H,29,30)(H2,25,27,31). The molecule has 1 aliphatic carbocycles. The van der Waals surface area contributed by atoms with E-state index in [4.69, 9.17) is 23.2 Å². The van der Waals surface area contributed by atoms with Gasteiger partial charge in [-0.3, -0.25) is 4.79 Å². The maximum atomic E-state index is 12.6. The van der Waals surface area contributed by atoms with Crippen LogP contribution in [0.25, 0.3) is 0 Å². The van der Waals surface area contributed by atoms with Gasteiger partial charge >= 0.3 is 12.0 Å². The number of aliphatic carboxylic acids is 1. The Morgan fingerprint density at radius 2 is 1.90 bits per heavy atom. The van der Waals surface area contributed by atoms with Crippen molar-refractivity contribution in [2.24, 2.45) is 0 Å². The number of carbonyl (C=O) groups excluding carboxylic acids is 2. The van der Waals surface area contributed by atoms with Crippen molar-refractivity contribution in [3.8, 4) is 0 Å². The van der Waals surface area contributed by atoms with Crippen molar-refractivity contribution in [1.29, 1.82) is 0 Å². The largest absolute Gasteiger partial charge is 0.480 e. The molecule has 31 heavy (non-hydrogen) atoms. The molecule has 2 aromatic rings. The minimum Gasteiger partial charge on any atom is -0.480 e. The van der Waals surface area contributed by atoms with Crippen LogP contribution in [0.3, 0.4) is 0 Å². The molecule has 0 saturated carbocycles. The molecule has 5 N–H and O–H groups in total. The molecule has 1 aliphatic rings. The second-order valence-electron chi connectivity index (χ2n) is 7.04. The first-order valence-electron chi connectivity index (χ1n) is 9.63. The highest BCUT2D eigenvalue weighted by Crippen LogP contribution is 2.32. The van der Waals surface area contributed by atoms with Gasteiger partial charge in [0.2, 0.25) is 0 Å². The quantitative estimate of drug-likeness (QED) is 0.430. The van der Waals surface area contributed by atoms with E-state index in [1.165, 1.54) is 11.6 Å². The van der Waals surface area contributed by atoms with Gasteiger partial charge in [-0.15, -0.1) is 0 Å². The highest BCUT2D eigenvalue weighted by Gasteiger charge is 2.27. The summed E-state index contributed by atoms with van der Waals surface area (Å²) in [5.41, 5.74) is 2.65. The minimum absolute atomic E-state index is 0.0477. The Morgan fingerprint density at radius 1 is 1.16 bits per heavy atom. The van der Waals surface area contributed by atoms with E-state index in [0.29, 0.717) is 5.69 Å². The molecule has 0 bridgehead atoms. The van der Waals surface area contributed by atoms with E-state index in [2.05, 4.69) is 21.3 Å². The van der Waals surface area contributed by atoms with E-state index >= 15 is 0 Å². The maximum absolute atomic E-state index is 12.6. The van der Waals surface area contributed by atoms with Crippen LogP contribution < -0.4 is 21.3 Å². The molecular formula is C21H22Cl2N4O4. The van der Waals surface area contributed by atoms with E-state index in [0.717, 1.165) is 18.4 Å². The van der Waals surface area contributed by atoms with Gasteiger partial charge in [0, 0.05) is 7.05 Å². The predicted octanol–water partition coefficient (Wildman–Crippen LogP) is 3.20. The first-order valence-corrected chi connectivity index (χ1v) is 10.4. The molecule has 0 heterocycles. The third-order valence-electron chi connectivity index (χ3n) is 5.10. The average molecular weight is 465 g/mol. The van der Waals surface area contributed by atoms with Crippen molar-refractivity contribution in [2.45, 2.75) is 24.9 Å². The summed E-state index contributed by atoms with van der Waals surface area (Å²) in [6, 6.07) is 8.88. The molecule has 10 heteroatoms. The number of hydrogen-bond acceptors (Lipinski definition) is 4. The van der Waals surface area contributed by atoms with Crippen LogP contribution in [-0.4, -0.2) is 42.6 Å². The van der Waals surface area contributed by atoms with Crippen molar-refractivity contribution in [3.63, 3.8) is 0 Å². The smallest absolute Gasteiger partial charge is 0.328 e. The van der Waals surface area contributed by atoms with Gasteiger partial charge in [-0.25, -0.2) is 9.59 Å². The Bertz CT molecular complexity index is 1010. The van der Waals surface area contributed by atoms with Crippen molar-refractivity contribution < 1.29 is 19.5 Å². The Hall–Kier alpha value is -2.97. The number of aryl methyl sites for hydroxylation is 1. The normalized spacial score (nSPS) is 15.5. The monoisotopic (exact) mass is 464 g/mol. The molecule has 0 saturated heterocycles. The van der Waals surface area contributed by atoms with Crippen molar-refractivity contribution in [3.05, 3.63) is 63.1 Å². The van der Waals surface area contributed by atoms with Crippen LogP contribution >= 0.6 is 23.2 Å². The summed E-state index contributed by atoms with van der Waals surface area (Å²) in [6.07, 6.45) is 1.63. The average Bonchev–Trinajstić information content (AvgIpc) is 3.14. The number of rotatable bonds is 7. The van der Waals surface area contributed by atoms with Gasteiger partial charge in [-0.05, 0) is 36.1 Å². The summed E-state index contributed by atoms with van der Waals surface area (Å²) in [5, 5.41) is 20.1. The lowest BCUT2D eigenvalue weighted by Gasteiger charge is -2.19. The summed E-state index contributed by atoms with van der Waals surface area (Å²) < 4.78 is 0. The third kappa shape index (κ3) is 5.21. The summed E-state index contributed by atoms with van der Waals surface area (Å²) in [6.45, 7) is -0.317. The van der Waals surface area contributed by atoms with Gasteiger partial charge in [0.05, 0.1) is 33.9 Å². The number of amides is 3. The highest BCUT2D eigenvalue weighted by molar-refractivity contribution is 6.41. The lowest BCUT2D eigenvalue weighted by molar-refractivity contribution is -0.139. The molecule has 0 radical (unpaired) electrons. The fourth-order valence-corrected chi connectivity index (χ4v) is 4.13. The van der Waals surface area contributed by atoms with Gasteiger partial charge in [0.25, 0.3) is 5.91 Å². The zero-order valence-electron chi connectivity index (χ0n) is 16.7. The number of halogens is 2. The van der Waals surface area contributed by atoms with Crippen LogP contribution in [0, 0.1) is 0 Å². The van der Waals surface area contributed by atoms with Crippen LogP contribution in [0.15, 0.2) is 36.4 Å². The summed E-state index contributed by atoms with van der Waals surface area (Å²) in [7, 11) is 1.63. The summed E-state index contributed by atoms with van der Waals surface area (Å²) in [4.78, 5) is 36.6. The molecule has 3 rings (SSSR count). The molecule has 0 aromatic heterocycles. The van der Waals surface area contributed by atoms with Gasteiger partial charge < -0.3 is 26.4 Å². The lowest BCUT2D eigenvalue weighted by atomic mass is 10.1. The Labute approximate surface area is 189 Å². The van der Waals surface area contributed by atoms with E-state index in [9.17, 15) is 19.5 Å². The topological polar surface area (TPSA) is 120 Å². The zero-order valence-corrected chi connectivity index (χ0v) is 18.2. The third-order valence-corrected chi connectivity index (χ3v) is 5.80. The molecule has 164 valence electrons. The van der Waals surface area contributed by atoms with Gasteiger partial charge in [-0.1, -0.05) is 47.5 Å². The summed E-state index contributed by atoms with van der Waals surface area (Å²) in [5.74, 6) is -2.07. The number of nitrogens with one attached hydrogen (secondary N) is 4. The maximum Gasteiger partial charge on any atom is 0.328 e. The lowest BCUT2D eigenvalue weighted by Crippen LogP contribution is -2.50. The Morgan fingerprint density at radius 3 is 2.61 bits per heavy atom. The Kier molecular flexibility index (Phi) is 7.25. The number of urea groups is 1. The van der Waals surface area contributed by atoms with E-state index in [-0.39, 0.29) is 28.2 Å². The number of hydrogen-bond donors (Lipinski definition) is 5. The van der Waals surface area contributed by atoms with Crippen LogP contribution in [0.4, 0.5) is 10.5 Å².